The van der Waals surface area contributed by atoms with Gasteiger partial charge in [0.2, 0.25) is 0 Å². The molecule has 0 spiro atoms. The molecule has 1 aromatic heterocycles. The molecule has 0 aliphatic rings. The van der Waals surface area contributed by atoms with Crippen molar-refractivity contribution in [1.82, 2.24) is 0 Å². The topological polar surface area (TPSA) is 84.6 Å². The number of fused-ring (bicyclic) bond motifs is 1. The Morgan fingerprint density at radius 2 is 1.86 bits per heavy atom. The summed E-state index contributed by atoms with van der Waals surface area (Å²) in [5.41, 5.74) is 0.711. The molecular formula is C15H10O5S. The number of furan rings is 1. The normalized spacial score (nSPS) is 11.7. The molecule has 0 bridgehead atoms. The number of benzene rings is 2. The fourth-order valence-electron chi connectivity index (χ4n) is 2.20. The van der Waals surface area contributed by atoms with Crippen LogP contribution in [0.3, 0.4) is 0 Å². The van der Waals surface area contributed by atoms with Gasteiger partial charge in [-0.2, -0.15) is 8.42 Å². The molecular weight excluding hydrogens is 292 g/mol. The molecule has 5 nitrogen and oxygen atoms in total. The van der Waals surface area contributed by atoms with E-state index in [-0.39, 0.29) is 10.7 Å². The highest BCUT2D eigenvalue weighted by molar-refractivity contribution is 7.86. The highest BCUT2D eigenvalue weighted by Crippen LogP contribution is 2.29. The highest BCUT2D eigenvalue weighted by Gasteiger charge is 2.14. The minimum atomic E-state index is -4.28. The summed E-state index contributed by atoms with van der Waals surface area (Å²) < 4.78 is 37.2. The third-order valence-corrected chi connectivity index (χ3v) is 4.06. The lowest BCUT2D eigenvalue weighted by molar-refractivity contribution is 0.110. The van der Waals surface area contributed by atoms with E-state index in [1.54, 1.807) is 42.5 Å². The van der Waals surface area contributed by atoms with Gasteiger partial charge in [0.25, 0.3) is 10.1 Å². The molecule has 3 rings (SSSR count). The van der Waals surface area contributed by atoms with Crippen molar-refractivity contribution in [2.24, 2.45) is 0 Å². The molecule has 0 saturated heterocycles. The van der Waals surface area contributed by atoms with Crippen molar-refractivity contribution >= 4 is 27.2 Å². The number of rotatable bonds is 3. The molecule has 0 aliphatic heterocycles. The van der Waals surface area contributed by atoms with Crippen LogP contribution in [0, 0.1) is 0 Å². The lowest BCUT2D eigenvalue weighted by atomic mass is 10.1. The van der Waals surface area contributed by atoms with Crippen LogP contribution < -0.4 is 0 Å². The molecule has 3 aromatic rings. The van der Waals surface area contributed by atoms with Gasteiger partial charge in [-0.05, 0) is 29.7 Å². The predicted molar refractivity (Wildman–Crippen MR) is 76.9 cm³/mol. The minimum absolute atomic E-state index is 0.139. The van der Waals surface area contributed by atoms with Gasteiger partial charge in [0.1, 0.15) is 10.7 Å². The summed E-state index contributed by atoms with van der Waals surface area (Å²) in [4.78, 5) is 10.5. The first-order valence-electron chi connectivity index (χ1n) is 6.05. The van der Waals surface area contributed by atoms with Gasteiger partial charge in [-0.15, -0.1) is 0 Å². The minimum Gasteiger partial charge on any atom is -0.453 e. The maximum Gasteiger partial charge on any atom is 0.295 e. The fraction of sp³-hybridized carbons (Fsp3) is 0. The summed E-state index contributed by atoms with van der Waals surface area (Å²) in [7, 11) is -4.28. The van der Waals surface area contributed by atoms with E-state index in [2.05, 4.69) is 0 Å². The number of carbonyl (C=O) groups excluding carboxylic acids is 1. The van der Waals surface area contributed by atoms with E-state index in [9.17, 15) is 17.8 Å². The third kappa shape index (κ3) is 2.46. The molecule has 0 aliphatic carbocycles. The van der Waals surface area contributed by atoms with Crippen LogP contribution in [0.15, 0.2) is 57.8 Å². The van der Waals surface area contributed by atoms with E-state index in [1.807, 2.05) is 0 Å². The van der Waals surface area contributed by atoms with Crippen molar-refractivity contribution in [3.05, 3.63) is 54.3 Å². The number of aldehydes is 1. The van der Waals surface area contributed by atoms with Gasteiger partial charge in [0.15, 0.2) is 12.0 Å². The Morgan fingerprint density at radius 3 is 2.52 bits per heavy atom. The Balaban J connectivity index is 2.20. The summed E-state index contributed by atoms with van der Waals surface area (Å²) in [6.45, 7) is 0. The quantitative estimate of drug-likeness (QED) is 0.593. The van der Waals surface area contributed by atoms with Gasteiger partial charge >= 0.3 is 0 Å². The van der Waals surface area contributed by atoms with Gasteiger partial charge in [-0.25, -0.2) is 0 Å². The maximum absolute atomic E-state index is 11.3. The van der Waals surface area contributed by atoms with E-state index in [0.717, 1.165) is 0 Å². The molecule has 0 radical (unpaired) electrons. The Kier molecular flexibility index (Phi) is 3.12. The van der Waals surface area contributed by atoms with Crippen molar-refractivity contribution in [3.8, 4) is 11.3 Å². The smallest absolute Gasteiger partial charge is 0.295 e. The molecule has 106 valence electrons. The predicted octanol–water partition coefficient (Wildman–Crippen LogP) is 3.16. The highest BCUT2D eigenvalue weighted by atomic mass is 32.2. The Bertz CT molecular complexity index is 938. The van der Waals surface area contributed by atoms with Crippen molar-refractivity contribution in [1.29, 1.82) is 0 Å². The molecule has 21 heavy (non-hydrogen) atoms. The number of hydrogen-bond donors (Lipinski definition) is 1. The van der Waals surface area contributed by atoms with Gasteiger partial charge in [0.05, 0.1) is 0 Å². The molecule has 0 unspecified atom stereocenters. The first-order valence-corrected chi connectivity index (χ1v) is 7.49. The molecule has 0 amide bonds. The van der Waals surface area contributed by atoms with Gasteiger partial charge < -0.3 is 4.42 Å². The summed E-state index contributed by atoms with van der Waals surface area (Å²) in [6.07, 6.45) is 0.612. The molecule has 0 saturated carbocycles. The monoisotopic (exact) mass is 302 g/mol. The number of carbonyl (C=O) groups is 1. The maximum atomic E-state index is 11.3. The van der Waals surface area contributed by atoms with E-state index in [1.165, 1.54) is 6.07 Å². The Labute approximate surface area is 120 Å². The van der Waals surface area contributed by atoms with Crippen LogP contribution in [-0.2, 0) is 10.1 Å². The van der Waals surface area contributed by atoms with Crippen LogP contribution in [0.2, 0.25) is 0 Å². The molecule has 2 aromatic carbocycles. The molecule has 6 heteroatoms. The lowest BCUT2D eigenvalue weighted by Gasteiger charge is -2.05. The van der Waals surface area contributed by atoms with Crippen molar-refractivity contribution in [2.45, 2.75) is 4.90 Å². The van der Waals surface area contributed by atoms with Crippen molar-refractivity contribution in [2.75, 3.05) is 0 Å². The summed E-state index contributed by atoms with van der Waals surface area (Å²) in [6, 6.07) is 12.8. The van der Waals surface area contributed by atoms with Crippen LogP contribution in [0.4, 0.5) is 0 Å². The molecule has 1 N–H and O–H groups in total. The largest absolute Gasteiger partial charge is 0.453 e. The van der Waals surface area contributed by atoms with E-state index in [4.69, 9.17) is 4.42 Å². The fourth-order valence-corrected chi connectivity index (χ4v) is 2.92. The second kappa shape index (κ2) is 4.83. The second-order valence-electron chi connectivity index (χ2n) is 4.49. The summed E-state index contributed by atoms with van der Waals surface area (Å²) >= 11 is 0. The zero-order chi connectivity index (χ0) is 15.0. The van der Waals surface area contributed by atoms with Crippen LogP contribution in [0.25, 0.3) is 22.1 Å². The van der Waals surface area contributed by atoms with Crippen LogP contribution >= 0.6 is 0 Å². The van der Waals surface area contributed by atoms with E-state index in [0.29, 0.717) is 28.4 Å². The van der Waals surface area contributed by atoms with Crippen molar-refractivity contribution < 1.29 is 22.2 Å². The van der Waals surface area contributed by atoms with E-state index >= 15 is 0 Å². The molecule has 1 heterocycles. The first-order chi connectivity index (χ1) is 9.99. The molecule has 0 fully saturated rings. The van der Waals surface area contributed by atoms with Crippen LogP contribution in [0.1, 0.15) is 10.6 Å². The lowest BCUT2D eigenvalue weighted by Crippen LogP contribution is -1.98. The molecule has 0 atom stereocenters. The van der Waals surface area contributed by atoms with Crippen LogP contribution in [0.5, 0.6) is 0 Å². The second-order valence-corrected chi connectivity index (χ2v) is 5.88. The SMILES string of the molecule is O=Cc1ccc(-c2ccc3c(S(=O)(=O)O)cccc3c2)o1. The Morgan fingerprint density at radius 1 is 1.05 bits per heavy atom. The summed E-state index contributed by atoms with van der Waals surface area (Å²) in [5.74, 6) is 0.730. The Hall–Kier alpha value is -2.44. The first kappa shape index (κ1) is 13.5. The standard InChI is InChI=1S/C15H10O5S/c16-9-12-5-7-14(20-12)11-4-6-13-10(8-11)2-1-3-15(13)21(17,18)19/h1-9H,(H,17,18,19). The zero-order valence-corrected chi connectivity index (χ0v) is 11.5. The van der Waals surface area contributed by atoms with Crippen molar-refractivity contribution in [3.63, 3.8) is 0 Å². The third-order valence-electron chi connectivity index (χ3n) is 3.15. The zero-order valence-electron chi connectivity index (χ0n) is 10.7. The van der Waals surface area contributed by atoms with E-state index < -0.39 is 10.1 Å². The van der Waals surface area contributed by atoms with Gasteiger partial charge in [0, 0.05) is 10.9 Å². The summed E-state index contributed by atoms with van der Waals surface area (Å²) in [5, 5.41) is 1.07. The average molecular weight is 302 g/mol. The van der Waals surface area contributed by atoms with Gasteiger partial charge in [-0.3, -0.25) is 9.35 Å². The average Bonchev–Trinajstić information content (AvgIpc) is 2.94. The van der Waals surface area contributed by atoms with Crippen LogP contribution in [-0.4, -0.2) is 19.3 Å². The number of hydrogen-bond acceptors (Lipinski definition) is 4. The van der Waals surface area contributed by atoms with Gasteiger partial charge in [-0.1, -0.05) is 24.3 Å².